The number of carbonyl (C=O) groups is 1. The van der Waals surface area contributed by atoms with Crippen molar-refractivity contribution in [3.05, 3.63) is 48.0 Å². The number of hydrogen-bond donors (Lipinski definition) is 1. The summed E-state index contributed by atoms with van der Waals surface area (Å²) in [7, 11) is -2.27. The Morgan fingerprint density at radius 3 is 2.67 bits per heavy atom. The number of nitrogens with one attached hydrogen (secondary N) is 1. The summed E-state index contributed by atoms with van der Waals surface area (Å²) in [6.45, 7) is 1.79. The second-order valence-corrected chi connectivity index (χ2v) is 11.2. The summed E-state index contributed by atoms with van der Waals surface area (Å²) in [5.74, 6) is 0.786. The highest BCUT2D eigenvalue weighted by Gasteiger charge is 2.29. The molecule has 2 aromatic rings. The van der Waals surface area contributed by atoms with Crippen LogP contribution in [0.3, 0.4) is 0 Å². The van der Waals surface area contributed by atoms with Gasteiger partial charge < -0.3 is 14.8 Å². The number of amides is 1. The highest BCUT2D eigenvalue weighted by molar-refractivity contribution is 7.99. The molecule has 2 aliphatic heterocycles. The van der Waals surface area contributed by atoms with Gasteiger partial charge in [0.2, 0.25) is 10.0 Å². The summed E-state index contributed by atoms with van der Waals surface area (Å²) in [5.41, 5.74) is 0.965. The van der Waals surface area contributed by atoms with Crippen molar-refractivity contribution in [2.24, 2.45) is 0 Å². The van der Waals surface area contributed by atoms with E-state index in [2.05, 4.69) is 5.32 Å². The molecule has 0 saturated carbocycles. The third-order valence-corrected chi connectivity index (χ3v) is 9.06. The van der Waals surface area contributed by atoms with E-state index in [1.165, 1.54) is 17.5 Å². The van der Waals surface area contributed by atoms with Crippen LogP contribution >= 0.6 is 11.8 Å². The first-order valence-electron chi connectivity index (χ1n) is 11.3. The molecule has 2 saturated heterocycles. The van der Waals surface area contributed by atoms with E-state index in [0.29, 0.717) is 24.3 Å². The maximum atomic E-state index is 13.3. The molecular weight excluding hydrogens is 460 g/mol. The van der Waals surface area contributed by atoms with Gasteiger partial charge in [0.05, 0.1) is 18.8 Å². The Hall–Kier alpha value is -2.07. The average Bonchev–Trinajstić information content (AvgIpc) is 3.37. The molecule has 2 aromatic carbocycles. The number of benzene rings is 2. The first-order valence-corrected chi connectivity index (χ1v) is 13.7. The molecule has 0 aromatic heterocycles. The molecule has 7 nitrogen and oxygen atoms in total. The zero-order valence-corrected chi connectivity index (χ0v) is 20.4. The zero-order chi connectivity index (χ0) is 23.3. The molecule has 1 atom stereocenters. The number of hydrogen-bond acceptors (Lipinski definition) is 6. The van der Waals surface area contributed by atoms with E-state index in [0.717, 1.165) is 49.4 Å². The number of anilines is 1. The largest absolute Gasteiger partial charge is 0.495 e. The second-order valence-electron chi connectivity index (χ2n) is 8.23. The van der Waals surface area contributed by atoms with E-state index in [9.17, 15) is 13.2 Å². The first kappa shape index (κ1) is 24.1. The average molecular weight is 491 g/mol. The van der Waals surface area contributed by atoms with Crippen LogP contribution in [0.2, 0.25) is 0 Å². The third-order valence-electron chi connectivity index (χ3n) is 5.93. The molecule has 1 N–H and O–H groups in total. The standard InChI is InChI=1S/C24H30N2O5S2/c1-30-21-12-11-18(16-23(21)33(28,29)26-13-5-2-6-14-26)25-24(27)20-9-3-4-10-22(20)32-17-19-8-7-15-31-19/h3-4,9-12,16,19H,2,5-8,13-15,17H2,1H3,(H,25,27). The van der Waals surface area contributed by atoms with Crippen LogP contribution in [0.15, 0.2) is 52.3 Å². The fraction of sp³-hybridized carbons (Fsp3) is 0.458. The number of sulfonamides is 1. The summed E-state index contributed by atoms with van der Waals surface area (Å²) in [5, 5.41) is 2.87. The molecule has 4 rings (SSSR count). The van der Waals surface area contributed by atoms with Crippen molar-refractivity contribution in [1.29, 1.82) is 0 Å². The van der Waals surface area contributed by atoms with Crippen molar-refractivity contribution in [3.8, 4) is 5.75 Å². The molecule has 9 heteroatoms. The van der Waals surface area contributed by atoms with E-state index >= 15 is 0 Å². The lowest BCUT2D eigenvalue weighted by Gasteiger charge is -2.26. The van der Waals surface area contributed by atoms with Gasteiger partial charge in [0.1, 0.15) is 10.6 Å². The van der Waals surface area contributed by atoms with Crippen LogP contribution in [-0.4, -0.2) is 57.3 Å². The van der Waals surface area contributed by atoms with Gasteiger partial charge in [-0.05, 0) is 56.0 Å². The first-order chi connectivity index (χ1) is 16.0. The minimum Gasteiger partial charge on any atom is -0.495 e. The second kappa shape index (κ2) is 10.9. The third kappa shape index (κ3) is 5.71. The Balaban J connectivity index is 1.53. The fourth-order valence-corrected chi connectivity index (χ4v) is 6.96. The quantitative estimate of drug-likeness (QED) is 0.553. The molecular formula is C24H30N2O5S2. The van der Waals surface area contributed by atoms with E-state index in [1.807, 2.05) is 18.2 Å². The van der Waals surface area contributed by atoms with Crippen molar-refractivity contribution >= 4 is 33.4 Å². The van der Waals surface area contributed by atoms with E-state index < -0.39 is 10.0 Å². The lowest BCUT2D eigenvalue weighted by Crippen LogP contribution is -2.35. The Morgan fingerprint density at radius 1 is 1.15 bits per heavy atom. The number of methoxy groups -OCH3 is 1. The van der Waals surface area contributed by atoms with Gasteiger partial charge in [-0.1, -0.05) is 18.6 Å². The summed E-state index contributed by atoms with van der Waals surface area (Å²) in [4.78, 5) is 14.1. The van der Waals surface area contributed by atoms with Crippen molar-refractivity contribution in [2.45, 2.75) is 48.0 Å². The van der Waals surface area contributed by atoms with Crippen LogP contribution in [0.5, 0.6) is 5.75 Å². The van der Waals surface area contributed by atoms with Gasteiger partial charge in [0.25, 0.3) is 5.91 Å². The number of ether oxygens (including phenoxy) is 2. The summed E-state index contributed by atoms with van der Waals surface area (Å²) >= 11 is 1.61. The zero-order valence-electron chi connectivity index (χ0n) is 18.8. The minimum atomic E-state index is -3.71. The molecule has 178 valence electrons. The Morgan fingerprint density at radius 2 is 1.94 bits per heavy atom. The van der Waals surface area contributed by atoms with Gasteiger partial charge >= 0.3 is 0 Å². The van der Waals surface area contributed by atoms with Crippen LogP contribution in [0.4, 0.5) is 5.69 Å². The highest BCUT2D eigenvalue weighted by Crippen LogP contribution is 2.32. The Labute approximate surface area is 199 Å². The molecule has 1 amide bonds. The smallest absolute Gasteiger partial charge is 0.256 e. The van der Waals surface area contributed by atoms with Gasteiger partial charge in [-0.2, -0.15) is 4.31 Å². The lowest BCUT2D eigenvalue weighted by atomic mass is 10.2. The monoisotopic (exact) mass is 490 g/mol. The van der Waals surface area contributed by atoms with Gasteiger partial charge in [0.15, 0.2) is 0 Å². The number of piperidine rings is 1. The van der Waals surface area contributed by atoms with Gasteiger partial charge in [-0.15, -0.1) is 11.8 Å². The van der Waals surface area contributed by atoms with E-state index in [1.54, 1.807) is 30.0 Å². The molecule has 2 fully saturated rings. The molecule has 2 aliphatic rings. The maximum Gasteiger partial charge on any atom is 0.256 e. The minimum absolute atomic E-state index is 0.0748. The van der Waals surface area contributed by atoms with Gasteiger partial charge in [0, 0.05) is 36.0 Å². The Bertz CT molecular complexity index is 1080. The Kier molecular flexibility index (Phi) is 7.95. The van der Waals surface area contributed by atoms with E-state index in [-0.39, 0.29) is 22.7 Å². The van der Waals surface area contributed by atoms with Crippen molar-refractivity contribution < 1.29 is 22.7 Å². The van der Waals surface area contributed by atoms with Crippen LogP contribution in [0.25, 0.3) is 0 Å². The van der Waals surface area contributed by atoms with E-state index in [4.69, 9.17) is 9.47 Å². The topological polar surface area (TPSA) is 84.9 Å². The molecule has 0 radical (unpaired) electrons. The molecule has 0 spiro atoms. The maximum absolute atomic E-state index is 13.3. The predicted molar refractivity (Wildman–Crippen MR) is 130 cm³/mol. The SMILES string of the molecule is COc1ccc(NC(=O)c2ccccc2SCC2CCCO2)cc1S(=O)(=O)N1CCCCC1. The van der Waals surface area contributed by atoms with Crippen LogP contribution in [-0.2, 0) is 14.8 Å². The molecule has 33 heavy (non-hydrogen) atoms. The predicted octanol–water partition coefficient (Wildman–Crippen LogP) is 4.39. The summed E-state index contributed by atoms with van der Waals surface area (Å²) in [6, 6.07) is 12.2. The molecule has 1 unspecified atom stereocenters. The molecule has 0 bridgehead atoms. The summed E-state index contributed by atoms with van der Waals surface area (Å²) in [6.07, 6.45) is 5.06. The van der Waals surface area contributed by atoms with Crippen molar-refractivity contribution in [1.82, 2.24) is 4.31 Å². The highest BCUT2D eigenvalue weighted by atomic mass is 32.2. The van der Waals surface area contributed by atoms with Gasteiger partial charge in [-0.25, -0.2) is 8.42 Å². The normalized spacial score (nSPS) is 19.4. The molecule has 2 heterocycles. The van der Waals surface area contributed by atoms with Crippen LogP contribution < -0.4 is 10.1 Å². The fourth-order valence-electron chi connectivity index (χ4n) is 4.14. The number of thioether (sulfide) groups is 1. The number of carbonyl (C=O) groups excluding carboxylic acids is 1. The van der Waals surface area contributed by atoms with Crippen LogP contribution in [0, 0.1) is 0 Å². The molecule has 0 aliphatic carbocycles. The van der Waals surface area contributed by atoms with Crippen molar-refractivity contribution in [2.75, 3.05) is 37.9 Å². The van der Waals surface area contributed by atoms with Gasteiger partial charge in [-0.3, -0.25) is 4.79 Å². The number of rotatable bonds is 8. The lowest BCUT2D eigenvalue weighted by molar-refractivity contribution is 0.102. The van der Waals surface area contributed by atoms with Crippen molar-refractivity contribution in [3.63, 3.8) is 0 Å². The van der Waals surface area contributed by atoms with Crippen LogP contribution in [0.1, 0.15) is 42.5 Å². The number of nitrogens with zero attached hydrogens (tertiary/aromatic N) is 1. The summed E-state index contributed by atoms with van der Waals surface area (Å²) < 4.78 is 39.0.